The molecule has 2 aromatic rings. The number of amides is 1. The number of carbonyl (C=O) groups excluding carboxylic acids is 1. The third kappa shape index (κ3) is 5.55. The Morgan fingerprint density at radius 1 is 1.12 bits per heavy atom. The Labute approximate surface area is 148 Å². The lowest BCUT2D eigenvalue weighted by Crippen LogP contribution is -2.24. The average molecular weight is 358 g/mol. The summed E-state index contributed by atoms with van der Waals surface area (Å²) >= 11 is 0. The van der Waals surface area contributed by atoms with Gasteiger partial charge in [-0.3, -0.25) is 4.79 Å². The van der Waals surface area contributed by atoms with E-state index >= 15 is 0 Å². The number of benzene rings is 2. The Balaban J connectivity index is 1.97. The molecule has 0 heterocycles. The van der Waals surface area contributed by atoms with Crippen LogP contribution in [0.1, 0.15) is 36.6 Å². The Morgan fingerprint density at radius 3 is 2.24 bits per heavy atom. The fraction of sp³-hybridized carbons (Fsp3) is 0.211. The molecule has 3 N–H and O–H groups in total. The maximum absolute atomic E-state index is 12.0. The molecule has 0 aliphatic carbocycles. The summed E-state index contributed by atoms with van der Waals surface area (Å²) in [6, 6.07) is 14.0. The Kier molecular flexibility index (Phi) is 6.12. The van der Waals surface area contributed by atoms with Gasteiger partial charge in [-0.1, -0.05) is 43.3 Å². The minimum atomic E-state index is -3.71. The second-order valence-electron chi connectivity index (χ2n) is 5.77. The van der Waals surface area contributed by atoms with E-state index in [4.69, 9.17) is 5.14 Å². The summed E-state index contributed by atoms with van der Waals surface area (Å²) in [6.07, 6.45) is 4.02. The summed E-state index contributed by atoms with van der Waals surface area (Å²) in [4.78, 5) is 12.1. The van der Waals surface area contributed by atoms with Gasteiger partial charge in [0.15, 0.2) is 0 Å². The maximum atomic E-state index is 12.0. The molecule has 2 rings (SSSR count). The molecule has 1 unspecified atom stereocenters. The summed E-state index contributed by atoms with van der Waals surface area (Å²) in [5.41, 5.74) is 3.00. The Bertz CT molecular complexity index is 855. The second kappa shape index (κ2) is 8.09. The van der Waals surface area contributed by atoms with Crippen molar-refractivity contribution in [2.24, 2.45) is 5.14 Å². The van der Waals surface area contributed by atoms with Crippen molar-refractivity contribution in [2.75, 3.05) is 0 Å². The third-order valence-electron chi connectivity index (χ3n) is 3.88. The van der Waals surface area contributed by atoms with Crippen LogP contribution in [-0.2, 0) is 21.2 Å². The van der Waals surface area contributed by atoms with Gasteiger partial charge in [-0.2, -0.15) is 0 Å². The summed E-state index contributed by atoms with van der Waals surface area (Å²) in [5, 5.41) is 7.95. The zero-order chi connectivity index (χ0) is 18.4. The van der Waals surface area contributed by atoms with Crippen molar-refractivity contribution >= 4 is 22.0 Å². The summed E-state index contributed by atoms with van der Waals surface area (Å²) < 4.78 is 22.4. The number of carbonyl (C=O) groups is 1. The molecular weight excluding hydrogens is 336 g/mol. The molecule has 25 heavy (non-hydrogen) atoms. The van der Waals surface area contributed by atoms with Crippen molar-refractivity contribution in [3.63, 3.8) is 0 Å². The Morgan fingerprint density at radius 2 is 1.72 bits per heavy atom. The van der Waals surface area contributed by atoms with Gasteiger partial charge in [-0.05, 0) is 48.2 Å². The molecule has 0 fully saturated rings. The van der Waals surface area contributed by atoms with Gasteiger partial charge in [0.25, 0.3) is 0 Å². The molecule has 132 valence electrons. The monoisotopic (exact) mass is 358 g/mol. The van der Waals surface area contributed by atoms with Gasteiger partial charge in [0.05, 0.1) is 10.9 Å². The highest BCUT2D eigenvalue weighted by Gasteiger charge is 2.08. The van der Waals surface area contributed by atoms with E-state index in [1.165, 1.54) is 23.8 Å². The maximum Gasteiger partial charge on any atom is 0.244 e. The van der Waals surface area contributed by atoms with E-state index in [-0.39, 0.29) is 16.8 Å². The molecule has 0 radical (unpaired) electrons. The quantitative estimate of drug-likeness (QED) is 0.778. The normalized spacial score (nSPS) is 12.9. The van der Waals surface area contributed by atoms with Crippen LogP contribution in [0.15, 0.2) is 59.5 Å². The number of aryl methyl sites for hydroxylation is 1. The Hall–Kier alpha value is -2.44. The zero-order valence-electron chi connectivity index (χ0n) is 14.3. The minimum absolute atomic E-state index is 0.0400. The molecule has 0 spiro atoms. The van der Waals surface area contributed by atoms with Gasteiger partial charge in [0.1, 0.15) is 0 Å². The predicted molar refractivity (Wildman–Crippen MR) is 99.2 cm³/mol. The molecule has 0 aromatic heterocycles. The predicted octanol–water partition coefficient (Wildman–Crippen LogP) is 2.79. The van der Waals surface area contributed by atoms with Crippen LogP contribution in [0.5, 0.6) is 0 Å². The van der Waals surface area contributed by atoms with Crippen molar-refractivity contribution in [1.82, 2.24) is 5.32 Å². The molecule has 5 nitrogen and oxygen atoms in total. The van der Waals surface area contributed by atoms with E-state index in [0.29, 0.717) is 5.56 Å². The van der Waals surface area contributed by atoms with E-state index in [1.54, 1.807) is 18.2 Å². The number of hydrogen-bond donors (Lipinski definition) is 2. The fourth-order valence-electron chi connectivity index (χ4n) is 2.33. The molecule has 0 aliphatic heterocycles. The lowest BCUT2D eigenvalue weighted by Gasteiger charge is -2.13. The number of nitrogens with one attached hydrogen (secondary N) is 1. The SMILES string of the molecule is CCc1ccc(C(C)NC(=O)/C=C/c2ccc(S(N)(=O)=O)cc2)cc1. The molecule has 0 saturated heterocycles. The van der Waals surface area contributed by atoms with Gasteiger partial charge >= 0.3 is 0 Å². The fourth-order valence-corrected chi connectivity index (χ4v) is 2.84. The van der Waals surface area contributed by atoms with Crippen LogP contribution < -0.4 is 10.5 Å². The van der Waals surface area contributed by atoms with Crippen LogP contribution in [0.4, 0.5) is 0 Å². The molecule has 1 atom stereocenters. The van der Waals surface area contributed by atoms with Crippen LogP contribution >= 0.6 is 0 Å². The zero-order valence-corrected chi connectivity index (χ0v) is 15.1. The van der Waals surface area contributed by atoms with E-state index < -0.39 is 10.0 Å². The number of primary sulfonamides is 1. The molecule has 6 heteroatoms. The van der Waals surface area contributed by atoms with Gasteiger partial charge in [0.2, 0.25) is 15.9 Å². The molecule has 0 aliphatic rings. The molecule has 2 aromatic carbocycles. The minimum Gasteiger partial charge on any atom is -0.346 e. The first-order valence-electron chi connectivity index (χ1n) is 8.00. The molecule has 0 saturated carbocycles. The number of nitrogens with two attached hydrogens (primary N) is 1. The summed E-state index contributed by atoms with van der Waals surface area (Å²) in [6.45, 7) is 4.02. The van der Waals surface area contributed by atoms with Crippen LogP contribution in [0.2, 0.25) is 0 Å². The van der Waals surface area contributed by atoms with E-state index in [9.17, 15) is 13.2 Å². The lowest BCUT2D eigenvalue weighted by atomic mass is 10.0. The van der Waals surface area contributed by atoms with Gasteiger partial charge in [-0.15, -0.1) is 0 Å². The number of sulfonamides is 1. The lowest BCUT2D eigenvalue weighted by molar-refractivity contribution is -0.117. The van der Waals surface area contributed by atoms with E-state index in [1.807, 2.05) is 19.1 Å². The molecule has 1 amide bonds. The van der Waals surface area contributed by atoms with Crippen molar-refractivity contribution in [3.8, 4) is 0 Å². The van der Waals surface area contributed by atoms with Crippen LogP contribution in [0.25, 0.3) is 6.08 Å². The van der Waals surface area contributed by atoms with Crippen LogP contribution in [-0.4, -0.2) is 14.3 Å². The van der Waals surface area contributed by atoms with Gasteiger partial charge in [-0.25, -0.2) is 13.6 Å². The number of hydrogen-bond acceptors (Lipinski definition) is 3. The second-order valence-corrected chi connectivity index (χ2v) is 7.33. The highest BCUT2D eigenvalue weighted by Crippen LogP contribution is 2.14. The number of rotatable bonds is 6. The van der Waals surface area contributed by atoms with Crippen molar-refractivity contribution in [3.05, 3.63) is 71.3 Å². The molecule has 0 bridgehead atoms. The van der Waals surface area contributed by atoms with Crippen molar-refractivity contribution in [2.45, 2.75) is 31.2 Å². The first-order chi connectivity index (χ1) is 11.8. The summed E-state index contributed by atoms with van der Waals surface area (Å²) in [7, 11) is -3.71. The first-order valence-corrected chi connectivity index (χ1v) is 9.54. The largest absolute Gasteiger partial charge is 0.346 e. The third-order valence-corrected chi connectivity index (χ3v) is 4.81. The van der Waals surface area contributed by atoms with E-state index in [2.05, 4.69) is 24.4 Å². The summed E-state index contributed by atoms with van der Waals surface area (Å²) in [5.74, 6) is -0.220. The topological polar surface area (TPSA) is 89.3 Å². The average Bonchev–Trinajstić information content (AvgIpc) is 2.59. The van der Waals surface area contributed by atoms with Gasteiger partial charge < -0.3 is 5.32 Å². The molecular formula is C19H22N2O3S. The smallest absolute Gasteiger partial charge is 0.244 e. The first kappa shape index (κ1) is 18.9. The van der Waals surface area contributed by atoms with E-state index in [0.717, 1.165) is 12.0 Å². The van der Waals surface area contributed by atoms with Crippen molar-refractivity contribution in [1.29, 1.82) is 0 Å². The van der Waals surface area contributed by atoms with Crippen LogP contribution in [0, 0.1) is 0 Å². The van der Waals surface area contributed by atoms with Gasteiger partial charge in [0, 0.05) is 6.08 Å². The van der Waals surface area contributed by atoms with Crippen LogP contribution in [0.3, 0.4) is 0 Å². The van der Waals surface area contributed by atoms with Crippen molar-refractivity contribution < 1.29 is 13.2 Å². The standard InChI is InChI=1S/C19H22N2O3S/c1-3-15-4-9-17(10-5-15)14(2)21-19(22)13-8-16-6-11-18(12-7-16)25(20,23)24/h4-14H,3H2,1-2H3,(H,21,22)(H2,20,23,24)/b13-8+. The highest BCUT2D eigenvalue weighted by molar-refractivity contribution is 7.89. The highest BCUT2D eigenvalue weighted by atomic mass is 32.2.